The number of allylic oxidation sites excluding steroid dienone is 1. The van der Waals surface area contributed by atoms with Crippen LogP contribution in [0, 0.1) is 0 Å². The number of hydrogen-bond acceptors (Lipinski definition) is 16. The van der Waals surface area contributed by atoms with Crippen molar-refractivity contribution in [3.63, 3.8) is 0 Å². The molecule has 3 fully saturated rings. The van der Waals surface area contributed by atoms with Crippen molar-refractivity contribution in [1.29, 1.82) is 0 Å². The van der Waals surface area contributed by atoms with Gasteiger partial charge in [0, 0.05) is 0 Å². The number of benzene rings is 9. The summed E-state index contributed by atoms with van der Waals surface area (Å²) in [6.07, 6.45) is -13.9. The largest absolute Gasteiger partial charge is 0.405 e. The van der Waals surface area contributed by atoms with E-state index < -0.39 is 105 Å². The molecule has 3 heterocycles. The van der Waals surface area contributed by atoms with Gasteiger partial charge in [-0.05, 0) is 67.2 Å². The monoisotopic (exact) mass is 1440 g/mol. The Morgan fingerprint density at radius 2 is 0.657 bits per heavy atom. The molecule has 9 aromatic carbocycles. The molecule has 0 radical (unpaired) electrons. The van der Waals surface area contributed by atoms with Crippen molar-refractivity contribution in [1.82, 2.24) is 0 Å². The zero-order valence-electron chi connectivity index (χ0n) is 60.2. The maximum Gasteiger partial charge on any atom is 0.261 e. The van der Waals surface area contributed by atoms with Crippen molar-refractivity contribution in [2.75, 3.05) is 26.4 Å². The zero-order chi connectivity index (χ0) is 72.5. The second kappa shape index (κ2) is 39.2. The van der Waals surface area contributed by atoms with Crippen LogP contribution in [0.2, 0.25) is 5.04 Å². The van der Waals surface area contributed by atoms with Crippen LogP contribution < -0.4 is 10.4 Å². The molecule has 0 saturated carbocycles. The van der Waals surface area contributed by atoms with Gasteiger partial charge in [0.2, 0.25) is 0 Å². The Labute approximate surface area is 619 Å². The maximum absolute atomic E-state index is 13.5. The molecular formula is C88H100O16Si. The molecule has 15 atom stereocenters. The van der Waals surface area contributed by atoms with Crippen molar-refractivity contribution >= 4 is 18.7 Å². The molecule has 17 heteroatoms. The Hall–Kier alpha value is -7.70. The fraction of sp³-hybridized carbons (Fsp3) is 0.364. The zero-order valence-corrected chi connectivity index (χ0v) is 61.2. The molecule has 552 valence electrons. The van der Waals surface area contributed by atoms with Crippen molar-refractivity contribution in [3.05, 3.63) is 325 Å². The summed E-state index contributed by atoms with van der Waals surface area (Å²) in [6, 6.07) is 89.8. The van der Waals surface area contributed by atoms with Gasteiger partial charge in [0.25, 0.3) is 8.32 Å². The number of unbranched alkanes of at least 4 members (excludes halogenated alkanes) is 1. The molecule has 105 heavy (non-hydrogen) atoms. The normalized spacial score (nSPS) is 25.0. The Bertz CT molecular complexity index is 3850. The average Bonchev–Trinajstić information content (AvgIpc) is 0.716. The van der Waals surface area contributed by atoms with Gasteiger partial charge < -0.3 is 76.2 Å². The van der Waals surface area contributed by atoms with Gasteiger partial charge in [0.05, 0.1) is 72.7 Å². The van der Waals surface area contributed by atoms with E-state index in [-0.39, 0.29) is 72.7 Å². The van der Waals surface area contributed by atoms with Gasteiger partial charge in [0.1, 0.15) is 73.2 Å². The highest BCUT2D eigenvalue weighted by Gasteiger charge is 2.57. The van der Waals surface area contributed by atoms with E-state index in [1.54, 1.807) is 0 Å². The Balaban J connectivity index is 0.938. The van der Waals surface area contributed by atoms with Crippen LogP contribution in [0.3, 0.4) is 0 Å². The predicted molar refractivity (Wildman–Crippen MR) is 404 cm³/mol. The predicted octanol–water partition coefficient (Wildman–Crippen LogP) is 13.6. The Kier molecular flexibility index (Phi) is 28.7. The lowest BCUT2D eigenvalue weighted by Gasteiger charge is -2.50. The number of aliphatic hydroxyl groups excluding tert-OH is 2. The number of hydrogen-bond donors (Lipinski definition) is 2. The van der Waals surface area contributed by atoms with Crippen LogP contribution in [-0.2, 0) is 112 Å². The van der Waals surface area contributed by atoms with E-state index in [9.17, 15) is 10.2 Å². The third kappa shape index (κ3) is 20.9. The van der Waals surface area contributed by atoms with Gasteiger partial charge in [-0.2, -0.15) is 0 Å². The minimum atomic E-state index is -3.29. The summed E-state index contributed by atoms with van der Waals surface area (Å²) >= 11 is 0. The van der Waals surface area contributed by atoms with Crippen LogP contribution >= 0.6 is 0 Å². The quantitative estimate of drug-likeness (QED) is 0.0214. The molecule has 0 aromatic heterocycles. The Morgan fingerprint density at radius 3 is 1.05 bits per heavy atom. The lowest BCUT2D eigenvalue weighted by atomic mass is 9.95. The number of aliphatic hydroxyl groups is 2. The summed E-state index contributed by atoms with van der Waals surface area (Å²) in [6.45, 7) is 11.8. The second-order valence-corrected chi connectivity index (χ2v) is 32.2. The highest BCUT2D eigenvalue weighted by Crippen LogP contribution is 2.41. The van der Waals surface area contributed by atoms with E-state index in [2.05, 4.69) is 75.9 Å². The van der Waals surface area contributed by atoms with Gasteiger partial charge in [0.15, 0.2) is 18.9 Å². The van der Waals surface area contributed by atoms with E-state index in [4.69, 9.17) is 66.0 Å². The molecular weight excluding hydrogens is 1340 g/mol. The van der Waals surface area contributed by atoms with Crippen LogP contribution in [0.4, 0.5) is 0 Å². The molecule has 0 amide bonds. The SMILES string of the molecule is C=CCCCO[C@H]1O[C@H](CO[C@H]2O[C@H](COCc3ccccc3)[C@@H](OCc3ccccc3)[C@H](OCc3ccccc3)[C@@H]2O)[C@@H](OCc2ccccc2)[C@H](O[C@H]2O[C@H](CO[Si](c3ccccc3)(c3ccccc3)C(C)(C)C)[C@@H](OCc3ccccc3)[C@H](OCc3ccccc3)[C@@H]2O)[C@@H]1OCc1ccccc1. The first-order valence-corrected chi connectivity index (χ1v) is 38.5. The van der Waals surface area contributed by atoms with Gasteiger partial charge in [-0.25, -0.2) is 0 Å². The fourth-order valence-electron chi connectivity index (χ4n) is 14.0. The van der Waals surface area contributed by atoms with Crippen LogP contribution in [0.1, 0.15) is 72.6 Å². The fourth-order valence-corrected chi connectivity index (χ4v) is 18.5. The van der Waals surface area contributed by atoms with Crippen LogP contribution in [-0.4, -0.2) is 137 Å². The summed E-state index contributed by atoms with van der Waals surface area (Å²) < 4.78 is 99.6. The van der Waals surface area contributed by atoms with Gasteiger partial charge in [-0.1, -0.05) is 300 Å². The lowest BCUT2D eigenvalue weighted by molar-refractivity contribution is -0.379. The third-order valence-electron chi connectivity index (χ3n) is 19.4. The summed E-state index contributed by atoms with van der Waals surface area (Å²) in [5, 5.41) is 28.2. The summed E-state index contributed by atoms with van der Waals surface area (Å²) in [5.41, 5.74) is 6.30. The number of ether oxygens (including phenoxy) is 13. The van der Waals surface area contributed by atoms with Crippen molar-refractivity contribution in [3.8, 4) is 0 Å². The van der Waals surface area contributed by atoms with Crippen LogP contribution in [0.25, 0.3) is 0 Å². The van der Waals surface area contributed by atoms with Crippen molar-refractivity contribution < 1.29 is 76.2 Å². The van der Waals surface area contributed by atoms with E-state index in [1.165, 1.54) is 0 Å². The minimum Gasteiger partial charge on any atom is -0.405 e. The van der Waals surface area contributed by atoms with E-state index in [0.29, 0.717) is 12.8 Å². The minimum absolute atomic E-state index is 0.0120. The Morgan fingerprint density at radius 1 is 0.343 bits per heavy atom. The first-order valence-electron chi connectivity index (χ1n) is 36.6. The summed E-state index contributed by atoms with van der Waals surface area (Å²) in [5.74, 6) is 0. The van der Waals surface area contributed by atoms with E-state index >= 15 is 0 Å². The highest BCUT2D eigenvalue weighted by atomic mass is 28.4. The first-order chi connectivity index (χ1) is 51.5. The van der Waals surface area contributed by atoms with Crippen molar-refractivity contribution in [2.24, 2.45) is 0 Å². The molecule has 0 bridgehead atoms. The van der Waals surface area contributed by atoms with Crippen LogP contribution in [0.15, 0.2) is 286 Å². The molecule has 3 saturated heterocycles. The molecule has 3 aliphatic heterocycles. The third-order valence-corrected chi connectivity index (χ3v) is 24.4. The smallest absolute Gasteiger partial charge is 0.261 e. The standard InChI is InChI=1S/C88H100O16Si/c1-5-6-34-53-92-87-84(98-60-70-47-28-13-29-48-70)83(104-86-77(90)82(97-59-69-45-26-12-27-46-69)79(94-56-66-39-20-9-21-40-66)75(102-86)63-100-105(88(2,3)4,71-49-30-14-31-50-71)72-51-32-15-33-52-72)80(95-57-67-41-22-10-23-42-67)74(103-87)62-99-85-76(89)81(96-58-68-43-24-11-25-44-68)78(93-55-65-37-18-8-19-38-65)73(101-85)61-91-54-64-35-16-7-17-36-64/h5,7-33,35-52,73-87,89-90H,1,6,34,53-63H2,2-4H3/t73-,74-,75-,76+,77+,78-,79-,80-,81-,82-,83+,84+,85+,86-,87+/m1/s1. The van der Waals surface area contributed by atoms with Gasteiger partial charge >= 0.3 is 0 Å². The molecule has 0 spiro atoms. The number of rotatable bonds is 37. The van der Waals surface area contributed by atoms with Gasteiger partial charge in [-0.15, -0.1) is 6.58 Å². The highest BCUT2D eigenvalue weighted by molar-refractivity contribution is 6.99. The molecule has 9 aromatic rings. The topological polar surface area (TPSA) is 170 Å². The molecule has 0 aliphatic carbocycles. The maximum atomic E-state index is 13.5. The van der Waals surface area contributed by atoms with Gasteiger partial charge in [-0.3, -0.25) is 0 Å². The van der Waals surface area contributed by atoms with Crippen molar-refractivity contribution in [2.45, 2.75) is 177 Å². The average molecular weight is 1440 g/mol. The molecule has 16 nitrogen and oxygen atoms in total. The first kappa shape index (κ1) is 76.9. The molecule has 3 aliphatic rings. The summed E-state index contributed by atoms with van der Waals surface area (Å²) in [7, 11) is -3.29. The lowest BCUT2D eigenvalue weighted by Crippen LogP contribution is -2.69. The van der Waals surface area contributed by atoms with E-state index in [0.717, 1.165) is 49.3 Å². The summed E-state index contributed by atoms with van der Waals surface area (Å²) in [4.78, 5) is 0. The second-order valence-electron chi connectivity index (χ2n) is 27.9. The molecule has 2 N–H and O–H groups in total. The van der Waals surface area contributed by atoms with E-state index in [1.807, 2.05) is 231 Å². The van der Waals surface area contributed by atoms with Crippen LogP contribution in [0.5, 0.6) is 0 Å². The molecule has 12 rings (SSSR count). The molecule has 0 unspecified atom stereocenters.